The van der Waals surface area contributed by atoms with Gasteiger partial charge >= 0.3 is 5.97 Å². The number of rotatable bonds is 3. The molecule has 0 aromatic heterocycles. The van der Waals surface area contributed by atoms with Crippen molar-refractivity contribution in [2.75, 3.05) is 11.1 Å². The molecule has 0 bridgehead atoms. The number of aryl methyl sites for hydroxylation is 1. The van der Waals surface area contributed by atoms with Gasteiger partial charge in [0.1, 0.15) is 0 Å². The molecule has 0 unspecified atom stereocenters. The van der Waals surface area contributed by atoms with Gasteiger partial charge in [-0.1, -0.05) is 15.9 Å². The Morgan fingerprint density at radius 1 is 1.14 bits per heavy atom. The van der Waals surface area contributed by atoms with E-state index >= 15 is 0 Å². The van der Waals surface area contributed by atoms with Crippen molar-refractivity contribution in [3.8, 4) is 0 Å². The van der Waals surface area contributed by atoms with Gasteiger partial charge in [0.2, 0.25) is 0 Å². The average Bonchev–Trinajstić information content (AvgIpc) is 2.39. The van der Waals surface area contributed by atoms with Crippen molar-refractivity contribution >= 4 is 39.2 Å². The Balaban J connectivity index is 2.25. The number of hydrogen-bond acceptors (Lipinski definition) is 3. The van der Waals surface area contributed by atoms with Crippen LogP contribution in [0.3, 0.4) is 0 Å². The first kappa shape index (κ1) is 15.1. The smallest absolute Gasteiger partial charge is 0.335 e. The molecule has 1 amide bonds. The van der Waals surface area contributed by atoms with E-state index in [0.29, 0.717) is 11.3 Å². The van der Waals surface area contributed by atoms with E-state index in [4.69, 9.17) is 10.8 Å². The monoisotopic (exact) mass is 348 g/mol. The number of nitrogen functional groups attached to an aromatic ring is 1. The molecule has 0 heterocycles. The van der Waals surface area contributed by atoms with Crippen molar-refractivity contribution in [2.24, 2.45) is 0 Å². The van der Waals surface area contributed by atoms with Crippen LogP contribution in [0.5, 0.6) is 0 Å². The number of aromatic carboxylic acids is 1. The molecule has 4 N–H and O–H groups in total. The van der Waals surface area contributed by atoms with Crippen molar-refractivity contribution in [3.63, 3.8) is 0 Å². The van der Waals surface area contributed by atoms with Crippen molar-refractivity contribution in [3.05, 3.63) is 57.6 Å². The molecule has 0 aliphatic carbocycles. The largest absolute Gasteiger partial charge is 0.478 e. The van der Waals surface area contributed by atoms with E-state index in [0.717, 1.165) is 10.0 Å². The quantitative estimate of drug-likeness (QED) is 0.742. The van der Waals surface area contributed by atoms with E-state index in [9.17, 15) is 9.59 Å². The normalized spacial score (nSPS) is 10.2. The van der Waals surface area contributed by atoms with Gasteiger partial charge in [-0.2, -0.15) is 0 Å². The van der Waals surface area contributed by atoms with Crippen LogP contribution >= 0.6 is 15.9 Å². The lowest BCUT2D eigenvalue weighted by atomic mass is 10.1. The molecule has 5 nitrogen and oxygen atoms in total. The van der Waals surface area contributed by atoms with Gasteiger partial charge in [0.05, 0.1) is 16.9 Å². The summed E-state index contributed by atoms with van der Waals surface area (Å²) in [5, 5.41) is 11.5. The van der Waals surface area contributed by atoms with Crippen LogP contribution in [0, 0.1) is 6.92 Å². The van der Waals surface area contributed by atoms with Crippen LogP contribution in [0.15, 0.2) is 40.9 Å². The number of nitrogens with one attached hydrogen (secondary N) is 1. The zero-order chi connectivity index (χ0) is 15.6. The highest BCUT2D eigenvalue weighted by molar-refractivity contribution is 9.10. The van der Waals surface area contributed by atoms with Gasteiger partial charge < -0.3 is 16.2 Å². The Morgan fingerprint density at radius 3 is 2.43 bits per heavy atom. The third-order valence-corrected chi connectivity index (χ3v) is 3.31. The van der Waals surface area contributed by atoms with Crippen LogP contribution in [0.25, 0.3) is 0 Å². The maximum atomic E-state index is 12.2. The molecule has 0 aliphatic rings. The lowest BCUT2D eigenvalue weighted by Crippen LogP contribution is -2.14. The Labute approximate surface area is 129 Å². The predicted octanol–water partition coefficient (Wildman–Crippen LogP) is 3.29. The molecule has 2 aromatic carbocycles. The molecule has 0 radical (unpaired) electrons. The number of halogens is 1. The third kappa shape index (κ3) is 3.61. The number of carboxylic acid groups (broad SMARTS) is 1. The first-order valence-electron chi connectivity index (χ1n) is 6.08. The van der Waals surface area contributed by atoms with Gasteiger partial charge in [0.15, 0.2) is 0 Å². The molecule has 0 saturated carbocycles. The first-order chi connectivity index (χ1) is 9.86. The van der Waals surface area contributed by atoms with Gasteiger partial charge in [-0.05, 0) is 48.9 Å². The van der Waals surface area contributed by atoms with Gasteiger partial charge in [-0.25, -0.2) is 4.79 Å². The summed E-state index contributed by atoms with van der Waals surface area (Å²) >= 11 is 3.34. The lowest BCUT2D eigenvalue weighted by molar-refractivity contribution is 0.0697. The minimum absolute atomic E-state index is 0.0730. The number of anilines is 2. The SMILES string of the molecule is Cc1cc(Br)cc(C(=O)Nc2ccc(C(=O)O)cc2N)c1. The Morgan fingerprint density at radius 2 is 1.86 bits per heavy atom. The number of nitrogens with two attached hydrogens (primary N) is 1. The summed E-state index contributed by atoms with van der Waals surface area (Å²) in [7, 11) is 0. The number of carbonyl (C=O) groups is 2. The maximum Gasteiger partial charge on any atom is 0.335 e. The van der Waals surface area contributed by atoms with Crippen LogP contribution in [0.2, 0.25) is 0 Å². The number of hydrogen-bond donors (Lipinski definition) is 3. The second-order valence-corrected chi connectivity index (χ2v) is 5.49. The Bertz CT molecular complexity index is 709. The highest BCUT2D eigenvalue weighted by Crippen LogP contribution is 2.22. The summed E-state index contributed by atoms with van der Waals surface area (Å²) in [6, 6.07) is 9.52. The molecule has 0 saturated heterocycles. The molecule has 2 aromatic rings. The van der Waals surface area contributed by atoms with Gasteiger partial charge in [0, 0.05) is 10.0 Å². The molecule has 2 rings (SSSR count). The number of amides is 1. The van der Waals surface area contributed by atoms with Gasteiger partial charge in [-0.15, -0.1) is 0 Å². The topological polar surface area (TPSA) is 92.4 Å². The Kier molecular flexibility index (Phi) is 4.28. The zero-order valence-electron chi connectivity index (χ0n) is 11.2. The molecular formula is C15H13BrN2O3. The van der Waals surface area contributed by atoms with Gasteiger partial charge in [0.25, 0.3) is 5.91 Å². The van der Waals surface area contributed by atoms with E-state index in [1.807, 2.05) is 13.0 Å². The van der Waals surface area contributed by atoms with Crippen LogP contribution in [0.4, 0.5) is 11.4 Å². The highest BCUT2D eigenvalue weighted by atomic mass is 79.9. The van der Waals surface area contributed by atoms with Crippen molar-refractivity contribution in [1.29, 1.82) is 0 Å². The first-order valence-corrected chi connectivity index (χ1v) is 6.87. The molecule has 0 aliphatic heterocycles. The molecule has 0 atom stereocenters. The second kappa shape index (κ2) is 5.97. The van der Waals surface area contributed by atoms with E-state index in [1.165, 1.54) is 18.2 Å². The molecular weight excluding hydrogens is 336 g/mol. The molecule has 0 spiro atoms. The standard InChI is InChI=1S/C15H13BrN2O3/c1-8-4-10(6-11(16)5-8)14(19)18-13-3-2-9(15(20)21)7-12(13)17/h2-7H,17H2,1H3,(H,18,19)(H,20,21). The minimum Gasteiger partial charge on any atom is -0.478 e. The number of benzene rings is 2. The zero-order valence-corrected chi connectivity index (χ0v) is 12.8. The van der Waals surface area contributed by atoms with E-state index < -0.39 is 5.97 Å². The van der Waals surface area contributed by atoms with Crippen molar-refractivity contribution in [1.82, 2.24) is 0 Å². The third-order valence-electron chi connectivity index (χ3n) is 2.85. The number of carboxylic acids is 1. The summed E-state index contributed by atoms with van der Waals surface area (Å²) in [6.07, 6.45) is 0. The van der Waals surface area contributed by atoms with E-state index in [1.54, 1.807) is 12.1 Å². The predicted molar refractivity (Wildman–Crippen MR) is 84.6 cm³/mol. The number of carbonyl (C=O) groups excluding carboxylic acids is 1. The fraction of sp³-hybridized carbons (Fsp3) is 0.0667. The van der Waals surface area contributed by atoms with Crippen molar-refractivity contribution < 1.29 is 14.7 Å². The summed E-state index contributed by atoms with van der Waals surface area (Å²) < 4.78 is 0.807. The minimum atomic E-state index is -1.07. The van der Waals surface area contributed by atoms with Crippen LogP contribution in [0.1, 0.15) is 26.3 Å². The van der Waals surface area contributed by atoms with Crippen molar-refractivity contribution in [2.45, 2.75) is 6.92 Å². The maximum absolute atomic E-state index is 12.2. The summed E-state index contributed by atoms with van der Waals surface area (Å²) in [5.74, 6) is -1.38. The summed E-state index contributed by atoms with van der Waals surface area (Å²) in [4.78, 5) is 23.0. The molecule has 6 heteroatoms. The molecule has 21 heavy (non-hydrogen) atoms. The lowest BCUT2D eigenvalue weighted by Gasteiger charge is -2.09. The fourth-order valence-corrected chi connectivity index (χ4v) is 2.48. The van der Waals surface area contributed by atoms with Gasteiger partial charge in [-0.3, -0.25) is 4.79 Å². The summed E-state index contributed by atoms with van der Waals surface area (Å²) in [6.45, 7) is 1.89. The van der Waals surface area contributed by atoms with E-state index in [-0.39, 0.29) is 17.2 Å². The fourth-order valence-electron chi connectivity index (χ4n) is 1.87. The van der Waals surface area contributed by atoms with Crippen LogP contribution in [-0.4, -0.2) is 17.0 Å². The second-order valence-electron chi connectivity index (χ2n) is 4.58. The molecule has 0 fully saturated rings. The molecule has 108 valence electrons. The van der Waals surface area contributed by atoms with E-state index in [2.05, 4.69) is 21.2 Å². The summed E-state index contributed by atoms with van der Waals surface area (Å²) in [5.41, 5.74) is 7.85. The Hall–Kier alpha value is -2.34. The van der Waals surface area contributed by atoms with Crippen LogP contribution < -0.4 is 11.1 Å². The average molecular weight is 349 g/mol. The highest BCUT2D eigenvalue weighted by Gasteiger charge is 2.11. The van der Waals surface area contributed by atoms with Crippen LogP contribution in [-0.2, 0) is 0 Å².